The number of benzene rings is 1. The van der Waals surface area contributed by atoms with Gasteiger partial charge in [0, 0.05) is 32.4 Å². The summed E-state index contributed by atoms with van der Waals surface area (Å²) >= 11 is 0. The van der Waals surface area contributed by atoms with Crippen LogP contribution in [0.15, 0.2) is 59.5 Å². The van der Waals surface area contributed by atoms with Crippen molar-refractivity contribution >= 4 is 47.4 Å². The minimum Gasteiger partial charge on any atom is -0.379 e. The Kier molecular flexibility index (Phi) is 10.7. The highest BCUT2D eigenvalue weighted by molar-refractivity contribution is 5.96. The van der Waals surface area contributed by atoms with Crippen LogP contribution in [0.1, 0.15) is 27.9 Å². The van der Waals surface area contributed by atoms with Crippen molar-refractivity contribution in [2.45, 2.75) is 26.3 Å². The third kappa shape index (κ3) is 6.67. The summed E-state index contributed by atoms with van der Waals surface area (Å²) in [5.74, 6) is -0.351. The summed E-state index contributed by atoms with van der Waals surface area (Å²) in [7, 11) is 0. The molecular weight excluding hydrogens is 539 g/mol. The molecule has 4 heterocycles. The van der Waals surface area contributed by atoms with E-state index in [9.17, 15) is 9.59 Å². The lowest BCUT2D eigenvalue weighted by Gasteiger charge is -2.26. The Bertz CT molecular complexity index is 1550. The maximum atomic E-state index is 13.5. The Morgan fingerprint density at radius 3 is 2.54 bits per heavy atom. The first kappa shape index (κ1) is 30.3. The number of hydrogen-bond donors (Lipinski definition) is 2. The van der Waals surface area contributed by atoms with Gasteiger partial charge in [0.15, 0.2) is 0 Å². The zero-order chi connectivity index (χ0) is 25.8. The number of carbonyl (C=O) groups is 1. The van der Waals surface area contributed by atoms with Crippen LogP contribution in [0.3, 0.4) is 0 Å². The van der Waals surface area contributed by atoms with Gasteiger partial charge in [-0.25, -0.2) is 4.98 Å². The molecule has 5 rings (SSSR count). The van der Waals surface area contributed by atoms with Gasteiger partial charge in [0.25, 0.3) is 11.5 Å². The van der Waals surface area contributed by atoms with E-state index in [2.05, 4.69) is 10.2 Å². The van der Waals surface area contributed by atoms with E-state index in [0.717, 1.165) is 50.4 Å². The number of amides is 1. The predicted octanol–water partition coefficient (Wildman–Crippen LogP) is 2.98. The standard InChI is InChI=1S/C28H32N6O3.2ClH/c1-20-7-5-13-34-25(20)31-26-23(28(34)36)19-22(24(29)33(26)14-10-21-8-3-2-4-9-21)27(35)30-11-6-12-32-15-17-37-18-16-32;;/h2-5,7-9,13,19,29H,6,10-12,14-18H2,1H3,(H,30,35);2*1H. The van der Waals surface area contributed by atoms with Gasteiger partial charge in [-0.1, -0.05) is 36.4 Å². The van der Waals surface area contributed by atoms with Crippen molar-refractivity contribution in [2.24, 2.45) is 0 Å². The largest absolute Gasteiger partial charge is 0.379 e. The van der Waals surface area contributed by atoms with Gasteiger partial charge in [-0.05, 0) is 49.6 Å². The molecule has 0 aliphatic carbocycles. The number of morpholine rings is 1. The number of halogens is 2. The van der Waals surface area contributed by atoms with Gasteiger partial charge in [0.1, 0.15) is 16.8 Å². The van der Waals surface area contributed by atoms with Crippen LogP contribution in [0.5, 0.6) is 0 Å². The number of fused-ring (bicyclic) bond motifs is 2. The summed E-state index contributed by atoms with van der Waals surface area (Å²) in [6.07, 6.45) is 3.13. The van der Waals surface area contributed by atoms with Crippen LogP contribution in [-0.2, 0) is 17.7 Å². The number of carbonyl (C=O) groups excluding carboxylic acids is 1. The first-order valence-corrected chi connectivity index (χ1v) is 12.8. The molecule has 1 aliphatic rings. The number of rotatable bonds is 8. The van der Waals surface area contributed by atoms with Crippen LogP contribution in [-0.4, -0.2) is 64.2 Å². The molecule has 1 amide bonds. The van der Waals surface area contributed by atoms with Gasteiger partial charge >= 0.3 is 0 Å². The molecule has 1 aromatic carbocycles. The third-order valence-corrected chi connectivity index (χ3v) is 6.89. The average molecular weight is 574 g/mol. The molecule has 1 fully saturated rings. The van der Waals surface area contributed by atoms with Crippen LogP contribution >= 0.6 is 24.8 Å². The van der Waals surface area contributed by atoms with Crippen LogP contribution in [0.4, 0.5) is 0 Å². The van der Waals surface area contributed by atoms with Gasteiger partial charge in [0.2, 0.25) is 0 Å². The predicted molar refractivity (Wildman–Crippen MR) is 156 cm³/mol. The highest BCUT2D eigenvalue weighted by Gasteiger charge is 2.18. The number of aryl methyl sites for hydroxylation is 3. The topological polar surface area (TPSA) is 105 Å². The number of ether oxygens (including phenoxy) is 1. The lowest BCUT2D eigenvalue weighted by Crippen LogP contribution is -2.39. The zero-order valence-corrected chi connectivity index (χ0v) is 23.5. The van der Waals surface area contributed by atoms with Crippen molar-refractivity contribution in [1.29, 1.82) is 5.41 Å². The fourth-order valence-corrected chi connectivity index (χ4v) is 4.80. The first-order valence-electron chi connectivity index (χ1n) is 12.8. The van der Waals surface area contributed by atoms with Gasteiger partial charge in [-0.2, -0.15) is 0 Å². The summed E-state index contributed by atoms with van der Waals surface area (Å²) in [5, 5.41) is 12.2. The van der Waals surface area contributed by atoms with Crippen LogP contribution in [0, 0.1) is 12.3 Å². The minimum atomic E-state index is -0.351. The number of nitrogens with zero attached hydrogens (tertiary/aromatic N) is 4. The fourth-order valence-electron chi connectivity index (χ4n) is 4.80. The maximum Gasteiger partial charge on any atom is 0.267 e. The number of hydrogen-bond acceptors (Lipinski definition) is 6. The summed E-state index contributed by atoms with van der Waals surface area (Å²) in [5.41, 5.74) is 2.92. The van der Waals surface area contributed by atoms with Crippen molar-refractivity contribution in [3.8, 4) is 0 Å². The minimum absolute atomic E-state index is 0. The van der Waals surface area contributed by atoms with E-state index in [1.807, 2.05) is 49.4 Å². The van der Waals surface area contributed by atoms with Gasteiger partial charge in [-0.3, -0.25) is 24.3 Å². The monoisotopic (exact) mass is 572 g/mol. The molecule has 1 saturated heterocycles. The van der Waals surface area contributed by atoms with Crippen LogP contribution < -0.4 is 16.4 Å². The van der Waals surface area contributed by atoms with Crippen molar-refractivity contribution in [1.82, 2.24) is 24.2 Å². The Balaban J connectivity index is 0.00000210. The highest BCUT2D eigenvalue weighted by Crippen LogP contribution is 2.14. The second-order valence-electron chi connectivity index (χ2n) is 9.40. The molecule has 0 bridgehead atoms. The zero-order valence-electron chi connectivity index (χ0n) is 21.9. The molecule has 4 aromatic rings. The smallest absolute Gasteiger partial charge is 0.267 e. The van der Waals surface area contributed by atoms with E-state index in [4.69, 9.17) is 15.1 Å². The molecule has 11 heteroatoms. The lowest BCUT2D eigenvalue weighted by atomic mass is 10.1. The number of nitrogens with one attached hydrogen (secondary N) is 2. The molecule has 0 radical (unpaired) electrons. The molecule has 3 aromatic heterocycles. The Hall–Kier alpha value is -3.24. The highest BCUT2D eigenvalue weighted by atomic mass is 35.5. The van der Waals surface area contributed by atoms with Gasteiger partial charge < -0.3 is 14.6 Å². The van der Waals surface area contributed by atoms with E-state index in [1.54, 1.807) is 10.8 Å². The van der Waals surface area contributed by atoms with E-state index < -0.39 is 0 Å². The van der Waals surface area contributed by atoms with Crippen molar-refractivity contribution in [3.63, 3.8) is 0 Å². The van der Waals surface area contributed by atoms with E-state index in [0.29, 0.717) is 36.2 Å². The van der Waals surface area contributed by atoms with Crippen molar-refractivity contribution < 1.29 is 9.53 Å². The summed E-state index contributed by atoms with van der Waals surface area (Å²) < 4.78 is 8.59. The van der Waals surface area contributed by atoms with Crippen LogP contribution in [0.2, 0.25) is 0 Å². The molecule has 208 valence electrons. The van der Waals surface area contributed by atoms with Crippen LogP contribution in [0.25, 0.3) is 16.7 Å². The Morgan fingerprint density at radius 2 is 1.79 bits per heavy atom. The molecule has 1 aliphatic heterocycles. The summed E-state index contributed by atoms with van der Waals surface area (Å²) in [6.45, 7) is 6.99. The third-order valence-electron chi connectivity index (χ3n) is 6.89. The number of aromatic nitrogens is 3. The second kappa shape index (κ2) is 13.7. The van der Waals surface area contributed by atoms with Crippen molar-refractivity contribution in [2.75, 3.05) is 39.4 Å². The first-order chi connectivity index (χ1) is 18.0. The van der Waals surface area contributed by atoms with Crippen molar-refractivity contribution in [3.05, 3.63) is 87.3 Å². The van der Waals surface area contributed by atoms with E-state index >= 15 is 0 Å². The molecule has 0 atom stereocenters. The van der Waals surface area contributed by atoms with Gasteiger partial charge in [-0.15, -0.1) is 24.8 Å². The van der Waals surface area contributed by atoms with Gasteiger partial charge in [0.05, 0.1) is 24.2 Å². The molecular formula is C28H34Cl2N6O3. The molecule has 0 saturated carbocycles. The maximum absolute atomic E-state index is 13.5. The molecule has 39 heavy (non-hydrogen) atoms. The second-order valence-corrected chi connectivity index (χ2v) is 9.40. The summed E-state index contributed by atoms with van der Waals surface area (Å²) in [6, 6.07) is 15.2. The quantitative estimate of drug-likeness (QED) is 0.249. The molecule has 2 N–H and O–H groups in total. The molecule has 0 unspecified atom stereocenters. The Morgan fingerprint density at radius 1 is 1.05 bits per heavy atom. The Labute approximate surface area is 239 Å². The van der Waals surface area contributed by atoms with E-state index in [-0.39, 0.29) is 47.3 Å². The van der Waals surface area contributed by atoms with E-state index in [1.165, 1.54) is 10.5 Å². The normalized spacial score (nSPS) is 13.6. The molecule has 0 spiro atoms. The molecule has 9 nitrogen and oxygen atoms in total. The lowest BCUT2D eigenvalue weighted by molar-refractivity contribution is 0.0374. The fraction of sp³-hybridized carbons (Fsp3) is 0.357. The summed E-state index contributed by atoms with van der Waals surface area (Å²) in [4.78, 5) is 33.8. The average Bonchev–Trinajstić information content (AvgIpc) is 2.92. The SMILES string of the molecule is Cc1cccn2c(=O)c3cc(C(=O)NCCCN4CCOCC4)c(=N)n(CCc4ccccc4)c3nc12.Cl.Cl. The number of pyridine rings is 2.